The van der Waals surface area contributed by atoms with Crippen molar-refractivity contribution >= 4 is 0 Å². The first-order valence-corrected chi connectivity index (χ1v) is 40.1. The zero-order valence-electron chi connectivity index (χ0n) is 57.7. The van der Waals surface area contributed by atoms with Crippen molar-refractivity contribution in [3.63, 3.8) is 0 Å². The van der Waals surface area contributed by atoms with Gasteiger partial charge in [-0.1, -0.05) is 489 Å². The summed E-state index contributed by atoms with van der Waals surface area (Å²) < 4.78 is 0. The molecule has 0 saturated heterocycles. The second-order valence-electron chi connectivity index (χ2n) is 27.9. The summed E-state index contributed by atoms with van der Waals surface area (Å²) in [6.45, 7) is 7.13. The van der Waals surface area contributed by atoms with Gasteiger partial charge in [-0.15, -0.1) is 0 Å². The van der Waals surface area contributed by atoms with Crippen LogP contribution in [0.3, 0.4) is 0 Å². The summed E-state index contributed by atoms with van der Waals surface area (Å²) in [5, 5.41) is 3.74. The fourth-order valence-electron chi connectivity index (χ4n) is 13.5. The average molecular weight is 1140 g/mol. The van der Waals surface area contributed by atoms with E-state index in [1.165, 1.54) is 501 Å². The zero-order valence-corrected chi connectivity index (χ0v) is 57.7. The quantitative estimate of drug-likeness (QED) is 0.0599. The van der Waals surface area contributed by atoms with Crippen molar-refractivity contribution in [2.75, 3.05) is 13.1 Å². The van der Waals surface area contributed by atoms with Crippen LogP contribution in [-0.2, 0) is 0 Å². The van der Waals surface area contributed by atoms with Crippen LogP contribution in [0.4, 0.5) is 0 Å². The van der Waals surface area contributed by atoms with E-state index in [1.807, 2.05) is 0 Å². The smallest absolute Gasteiger partial charge is 0.00489 e. The topological polar surface area (TPSA) is 12.0 Å². The van der Waals surface area contributed by atoms with Crippen molar-refractivity contribution in [2.24, 2.45) is 0 Å². The summed E-state index contributed by atoms with van der Waals surface area (Å²) in [6, 6.07) is 0. The highest BCUT2D eigenvalue weighted by atomic mass is 14.8. The molecule has 0 bridgehead atoms. The zero-order chi connectivity index (χ0) is 57.9. The first-order chi connectivity index (χ1) is 40.4. The number of rotatable bonds is 78. The predicted molar refractivity (Wildman–Crippen MR) is 375 cm³/mol. The molecule has 0 atom stereocenters. The minimum Gasteiger partial charge on any atom is -0.317 e. The molecule has 0 unspecified atom stereocenters. The van der Waals surface area contributed by atoms with E-state index < -0.39 is 0 Å². The van der Waals surface area contributed by atoms with Gasteiger partial charge in [-0.2, -0.15) is 0 Å². The lowest BCUT2D eigenvalue weighted by Crippen LogP contribution is -2.16. The summed E-state index contributed by atoms with van der Waals surface area (Å²) in [6.07, 6.45) is 113. The van der Waals surface area contributed by atoms with Crippen LogP contribution in [0.5, 0.6) is 0 Å². The van der Waals surface area contributed by atoms with E-state index in [4.69, 9.17) is 0 Å². The van der Waals surface area contributed by atoms with Gasteiger partial charge in [0, 0.05) is 0 Å². The Balaban J connectivity index is 3.08. The van der Waals surface area contributed by atoms with Crippen LogP contribution in [-0.4, -0.2) is 13.1 Å². The van der Waals surface area contributed by atoms with E-state index in [2.05, 4.69) is 19.2 Å². The van der Waals surface area contributed by atoms with Crippen molar-refractivity contribution in [1.82, 2.24) is 5.32 Å². The van der Waals surface area contributed by atoms with Gasteiger partial charge in [-0.05, 0) is 25.9 Å². The molecule has 0 fully saturated rings. The number of hydrogen-bond donors (Lipinski definition) is 1. The Morgan fingerprint density at radius 2 is 0.173 bits per heavy atom. The lowest BCUT2D eigenvalue weighted by Gasteiger charge is -2.06. The average Bonchev–Trinajstić information content (AvgIpc) is 3.48. The van der Waals surface area contributed by atoms with E-state index in [1.54, 1.807) is 0 Å². The molecule has 488 valence electrons. The van der Waals surface area contributed by atoms with Gasteiger partial charge in [-0.25, -0.2) is 0 Å². The molecule has 0 aromatic carbocycles. The minimum atomic E-state index is 1.25. The van der Waals surface area contributed by atoms with Gasteiger partial charge >= 0.3 is 0 Å². The van der Waals surface area contributed by atoms with E-state index in [9.17, 15) is 0 Å². The maximum atomic E-state index is 3.74. The Labute approximate surface area is 517 Å². The van der Waals surface area contributed by atoms with Crippen LogP contribution >= 0.6 is 0 Å². The molecule has 1 heteroatoms. The molecule has 0 saturated carbocycles. The minimum absolute atomic E-state index is 1.25. The standard InChI is InChI=1S/C80H163N/c1-3-5-7-9-11-13-15-17-19-21-23-25-27-29-31-33-35-37-39-41-43-45-47-49-51-53-55-57-59-61-63-65-67-69-71-73-75-77-79-81-80-78-76-74-72-70-68-66-64-62-60-58-56-54-52-50-48-46-44-42-40-38-36-34-32-30-28-26-24-22-20-18-16-14-12-10-8-6-4-2/h81H,3-80H2,1-2H3. The van der Waals surface area contributed by atoms with E-state index in [-0.39, 0.29) is 0 Å². The van der Waals surface area contributed by atoms with E-state index in [0.29, 0.717) is 0 Å². The normalized spacial score (nSPS) is 11.8. The Hall–Kier alpha value is -0.0400. The fourth-order valence-corrected chi connectivity index (χ4v) is 13.5. The van der Waals surface area contributed by atoms with Crippen LogP contribution in [0.25, 0.3) is 0 Å². The van der Waals surface area contributed by atoms with Crippen LogP contribution < -0.4 is 5.32 Å². The molecule has 0 aliphatic carbocycles. The van der Waals surface area contributed by atoms with Crippen LogP contribution in [0.15, 0.2) is 0 Å². The maximum Gasteiger partial charge on any atom is -0.00489 e. The highest BCUT2D eigenvalue weighted by molar-refractivity contribution is 4.58. The molecule has 0 aromatic heterocycles. The second kappa shape index (κ2) is 80.0. The van der Waals surface area contributed by atoms with Crippen molar-refractivity contribution in [2.45, 2.75) is 502 Å². The van der Waals surface area contributed by atoms with Crippen LogP contribution in [0.1, 0.15) is 502 Å². The summed E-state index contributed by atoms with van der Waals surface area (Å²) in [5.41, 5.74) is 0. The Morgan fingerprint density at radius 3 is 0.259 bits per heavy atom. The number of unbranched alkanes of at least 4 members (excludes halogenated alkanes) is 74. The van der Waals surface area contributed by atoms with Crippen molar-refractivity contribution in [1.29, 1.82) is 0 Å². The lowest BCUT2D eigenvalue weighted by atomic mass is 10.0. The van der Waals surface area contributed by atoms with E-state index >= 15 is 0 Å². The third kappa shape index (κ3) is 80.0. The largest absolute Gasteiger partial charge is 0.317 e. The molecule has 0 radical (unpaired) electrons. The van der Waals surface area contributed by atoms with Crippen LogP contribution in [0, 0.1) is 0 Å². The van der Waals surface area contributed by atoms with E-state index in [0.717, 1.165) is 0 Å². The Bertz CT molecular complexity index is 926. The van der Waals surface area contributed by atoms with Gasteiger partial charge < -0.3 is 5.32 Å². The molecule has 0 heterocycles. The third-order valence-electron chi connectivity index (χ3n) is 19.4. The van der Waals surface area contributed by atoms with Gasteiger partial charge in [0.15, 0.2) is 0 Å². The lowest BCUT2D eigenvalue weighted by molar-refractivity contribution is 0.507. The van der Waals surface area contributed by atoms with Gasteiger partial charge in [0.1, 0.15) is 0 Å². The van der Waals surface area contributed by atoms with Gasteiger partial charge in [0.25, 0.3) is 0 Å². The second-order valence-corrected chi connectivity index (χ2v) is 27.9. The number of hydrogen-bond acceptors (Lipinski definition) is 1. The Morgan fingerprint density at radius 1 is 0.0988 bits per heavy atom. The molecule has 81 heavy (non-hydrogen) atoms. The van der Waals surface area contributed by atoms with Crippen molar-refractivity contribution in [3.8, 4) is 0 Å². The van der Waals surface area contributed by atoms with Crippen molar-refractivity contribution in [3.05, 3.63) is 0 Å². The maximum absolute atomic E-state index is 3.74. The van der Waals surface area contributed by atoms with Crippen LogP contribution in [0.2, 0.25) is 0 Å². The molecule has 0 aliphatic heterocycles. The monoisotopic (exact) mass is 1140 g/mol. The summed E-state index contributed by atoms with van der Waals surface area (Å²) in [4.78, 5) is 0. The molecule has 1 N–H and O–H groups in total. The Kier molecular flexibility index (Phi) is 79.9. The highest BCUT2D eigenvalue weighted by Crippen LogP contribution is 2.21. The SMILES string of the molecule is CCCCCCCCCCCCCCCCCCCCCCCCCCCCCCCCCCCCCCCCNCCCCCCCCCCCCCCCCCCCCCCCCCCCCCCCCCCCCCCCC. The summed E-state index contributed by atoms with van der Waals surface area (Å²) in [7, 11) is 0. The summed E-state index contributed by atoms with van der Waals surface area (Å²) >= 11 is 0. The number of nitrogens with one attached hydrogen (secondary N) is 1. The van der Waals surface area contributed by atoms with Crippen molar-refractivity contribution < 1.29 is 0 Å². The predicted octanol–water partition coefficient (Wildman–Crippen LogP) is 30.3. The van der Waals surface area contributed by atoms with Gasteiger partial charge in [0.2, 0.25) is 0 Å². The third-order valence-corrected chi connectivity index (χ3v) is 19.4. The first-order valence-electron chi connectivity index (χ1n) is 40.1. The molecular formula is C80H163N. The molecule has 0 aromatic rings. The fraction of sp³-hybridized carbons (Fsp3) is 1.00. The summed E-state index contributed by atoms with van der Waals surface area (Å²) in [5.74, 6) is 0. The van der Waals surface area contributed by atoms with Gasteiger partial charge in [0.05, 0.1) is 0 Å². The molecular weight excluding hydrogens is 975 g/mol. The molecule has 0 amide bonds. The molecule has 0 rings (SSSR count). The molecule has 1 nitrogen and oxygen atoms in total. The highest BCUT2D eigenvalue weighted by Gasteiger charge is 2.02. The molecule has 0 aliphatic rings. The van der Waals surface area contributed by atoms with Gasteiger partial charge in [-0.3, -0.25) is 0 Å². The molecule has 0 spiro atoms. The first kappa shape index (κ1) is 81.0.